The van der Waals surface area contributed by atoms with Crippen LogP contribution in [0.4, 0.5) is 17.1 Å². The van der Waals surface area contributed by atoms with E-state index in [9.17, 15) is 0 Å². The van der Waals surface area contributed by atoms with Crippen LogP contribution in [0.1, 0.15) is 22.3 Å². The van der Waals surface area contributed by atoms with Crippen molar-refractivity contribution in [3.05, 3.63) is 235 Å². The molecule has 0 fully saturated rings. The van der Waals surface area contributed by atoms with Crippen molar-refractivity contribution in [1.29, 1.82) is 0 Å². The van der Waals surface area contributed by atoms with Gasteiger partial charge in [-0.05, 0) is 99.1 Å². The summed E-state index contributed by atoms with van der Waals surface area (Å²) in [6.07, 6.45) is 0. The van der Waals surface area contributed by atoms with E-state index in [0.717, 1.165) is 39.0 Å². The molecule has 272 valence electrons. The lowest BCUT2D eigenvalue weighted by molar-refractivity contribution is 0.665. The molecule has 0 saturated heterocycles. The number of hydrogen-bond acceptors (Lipinski definition) is 3. The molecule has 1 atom stereocenters. The van der Waals surface area contributed by atoms with E-state index in [1.807, 2.05) is 17.4 Å². The van der Waals surface area contributed by atoms with Gasteiger partial charge in [-0.15, -0.1) is 11.3 Å². The van der Waals surface area contributed by atoms with Crippen molar-refractivity contribution in [2.24, 2.45) is 0 Å². The van der Waals surface area contributed by atoms with E-state index in [0.29, 0.717) is 0 Å². The molecule has 11 aromatic rings. The highest BCUT2D eigenvalue weighted by atomic mass is 32.1. The van der Waals surface area contributed by atoms with E-state index in [-0.39, 0.29) is 0 Å². The molecule has 9 aromatic carbocycles. The zero-order valence-corrected chi connectivity index (χ0v) is 32.3. The Morgan fingerprint density at radius 1 is 0.362 bits per heavy atom. The molecule has 0 aliphatic heterocycles. The first-order valence-corrected chi connectivity index (χ1v) is 20.6. The number of thiophene rings is 1. The smallest absolute Gasteiger partial charge is 0.135 e. The van der Waals surface area contributed by atoms with Gasteiger partial charge in [0.2, 0.25) is 0 Å². The Bertz CT molecular complexity index is 3340. The molecular weight excluding hydrogens is 723 g/mol. The lowest BCUT2D eigenvalue weighted by Crippen LogP contribution is -2.28. The molecule has 0 saturated carbocycles. The molecule has 0 amide bonds. The monoisotopic (exact) mass is 757 g/mol. The minimum Gasteiger partial charge on any atom is -0.456 e. The predicted octanol–water partition coefficient (Wildman–Crippen LogP) is 15.5. The van der Waals surface area contributed by atoms with Crippen molar-refractivity contribution in [1.82, 2.24) is 0 Å². The van der Waals surface area contributed by atoms with E-state index in [1.165, 1.54) is 64.7 Å². The normalized spacial score (nSPS) is 14.6. The number of anilines is 3. The summed E-state index contributed by atoms with van der Waals surface area (Å²) in [5.74, 6) is 0. The van der Waals surface area contributed by atoms with Gasteiger partial charge in [0.1, 0.15) is 11.2 Å². The van der Waals surface area contributed by atoms with Gasteiger partial charge in [0.05, 0.1) is 5.41 Å². The molecule has 2 nitrogen and oxygen atoms in total. The average molecular weight is 758 g/mol. The van der Waals surface area contributed by atoms with Crippen LogP contribution in [0.5, 0.6) is 0 Å². The van der Waals surface area contributed by atoms with E-state index in [1.54, 1.807) is 0 Å². The van der Waals surface area contributed by atoms with Gasteiger partial charge in [0.15, 0.2) is 0 Å². The third-order valence-electron chi connectivity index (χ3n) is 12.2. The fraction of sp³-hybridized carbons (Fsp3) is 0.0182. The number of rotatable bonds is 6. The van der Waals surface area contributed by atoms with Crippen molar-refractivity contribution in [2.45, 2.75) is 5.41 Å². The van der Waals surface area contributed by atoms with Crippen molar-refractivity contribution in [3.8, 4) is 22.3 Å². The van der Waals surface area contributed by atoms with Crippen molar-refractivity contribution in [3.63, 3.8) is 0 Å². The van der Waals surface area contributed by atoms with Crippen molar-refractivity contribution in [2.75, 3.05) is 4.90 Å². The number of fused-ring (bicyclic) bond motifs is 9. The highest BCUT2D eigenvalue weighted by molar-refractivity contribution is 7.25. The second-order valence-corrected chi connectivity index (χ2v) is 16.3. The van der Waals surface area contributed by atoms with Crippen LogP contribution in [0.25, 0.3) is 64.4 Å². The molecule has 2 heterocycles. The maximum absolute atomic E-state index is 6.58. The Kier molecular flexibility index (Phi) is 7.35. The molecule has 1 unspecified atom stereocenters. The summed E-state index contributed by atoms with van der Waals surface area (Å²) in [4.78, 5) is 2.43. The number of benzene rings is 9. The summed E-state index contributed by atoms with van der Waals surface area (Å²) in [6.45, 7) is 0. The SMILES string of the molecule is c1ccc(-c2ccc(N(c3ccc4c(c3)C(c3ccccc3)(c3ccc5c(c3)oc3ccccc35)c3ccccc3-4)c3ccc4c(c3)sc3ccccc34)cc2)cc1. The molecule has 12 rings (SSSR count). The number of para-hydroxylation sites is 1. The van der Waals surface area contributed by atoms with Crippen LogP contribution in [-0.4, -0.2) is 0 Å². The van der Waals surface area contributed by atoms with Crippen LogP contribution in [0.15, 0.2) is 217 Å². The molecule has 2 aromatic heterocycles. The molecule has 0 radical (unpaired) electrons. The van der Waals surface area contributed by atoms with Gasteiger partial charge in [-0.2, -0.15) is 0 Å². The minimum absolute atomic E-state index is 0.603. The van der Waals surface area contributed by atoms with E-state index in [4.69, 9.17) is 4.42 Å². The fourth-order valence-electron chi connectivity index (χ4n) is 9.58. The fourth-order valence-corrected chi connectivity index (χ4v) is 10.7. The van der Waals surface area contributed by atoms with Gasteiger partial charge in [-0.3, -0.25) is 0 Å². The molecule has 1 aliphatic carbocycles. The van der Waals surface area contributed by atoms with E-state index in [2.05, 4.69) is 211 Å². The lowest BCUT2D eigenvalue weighted by atomic mass is 9.67. The molecule has 58 heavy (non-hydrogen) atoms. The second-order valence-electron chi connectivity index (χ2n) is 15.2. The summed E-state index contributed by atoms with van der Waals surface area (Å²) in [5, 5.41) is 4.86. The maximum atomic E-state index is 6.58. The van der Waals surface area contributed by atoms with E-state index < -0.39 is 5.41 Å². The lowest BCUT2D eigenvalue weighted by Gasteiger charge is -2.35. The predicted molar refractivity (Wildman–Crippen MR) is 244 cm³/mol. The topological polar surface area (TPSA) is 16.4 Å². The first-order chi connectivity index (χ1) is 28.7. The average Bonchev–Trinajstić information content (AvgIpc) is 3.95. The van der Waals surface area contributed by atoms with Crippen molar-refractivity contribution >= 4 is 70.5 Å². The Balaban J connectivity index is 1.11. The summed E-state index contributed by atoms with van der Waals surface area (Å²) in [5.41, 5.74) is 14.3. The Morgan fingerprint density at radius 2 is 0.966 bits per heavy atom. The molecule has 0 N–H and O–H groups in total. The number of hydrogen-bond donors (Lipinski definition) is 0. The van der Waals surface area contributed by atoms with E-state index >= 15 is 0 Å². The van der Waals surface area contributed by atoms with Gasteiger partial charge in [0.25, 0.3) is 0 Å². The van der Waals surface area contributed by atoms with Gasteiger partial charge in [0, 0.05) is 48.0 Å². The maximum Gasteiger partial charge on any atom is 0.135 e. The van der Waals surface area contributed by atoms with Crippen LogP contribution < -0.4 is 4.90 Å². The van der Waals surface area contributed by atoms with Gasteiger partial charge >= 0.3 is 0 Å². The molecule has 3 heteroatoms. The summed E-state index contributed by atoms with van der Waals surface area (Å²) in [7, 11) is 0. The highest BCUT2D eigenvalue weighted by Crippen LogP contribution is 2.58. The zero-order valence-electron chi connectivity index (χ0n) is 31.5. The third-order valence-corrected chi connectivity index (χ3v) is 13.3. The number of furan rings is 1. The zero-order chi connectivity index (χ0) is 38.2. The number of nitrogens with zero attached hydrogens (tertiary/aromatic N) is 1. The first kappa shape index (κ1) is 33.0. The Hall–Kier alpha value is -7.20. The molecule has 1 aliphatic rings. The summed E-state index contributed by atoms with van der Waals surface area (Å²) < 4.78 is 9.16. The minimum atomic E-state index is -0.603. The molecule has 0 spiro atoms. The van der Waals surface area contributed by atoms with Crippen LogP contribution in [-0.2, 0) is 5.41 Å². The third kappa shape index (κ3) is 4.90. The van der Waals surface area contributed by atoms with Crippen LogP contribution >= 0.6 is 11.3 Å². The largest absolute Gasteiger partial charge is 0.456 e. The first-order valence-electron chi connectivity index (χ1n) is 19.8. The summed E-state index contributed by atoms with van der Waals surface area (Å²) in [6, 6.07) is 77.6. The van der Waals surface area contributed by atoms with Crippen LogP contribution in [0, 0.1) is 0 Å². The van der Waals surface area contributed by atoms with Gasteiger partial charge in [-0.1, -0.05) is 158 Å². The molecular formula is C55H35NOS. The second kappa shape index (κ2) is 12.9. The Morgan fingerprint density at radius 3 is 1.83 bits per heavy atom. The van der Waals surface area contributed by atoms with Gasteiger partial charge in [-0.25, -0.2) is 0 Å². The van der Waals surface area contributed by atoms with Crippen molar-refractivity contribution < 1.29 is 4.42 Å². The quantitative estimate of drug-likeness (QED) is 0.168. The highest BCUT2D eigenvalue weighted by Gasteiger charge is 2.46. The summed E-state index contributed by atoms with van der Waals surface area (Å²) >= 11 is 1.86. The van der Waals surface area contributed by atoms with Crippen LogP contribution in [0.2, 0.25) is 0 Å². The van der Waals surface area contributed by atoms with Gasteiger partial charge < -0.3 is 9.32 Å². The Labute approximate surface area is 340 Å². The molecule has 0 bridgehead atoms. The standard InChI is InChI=1S/C55H35NOS/c1-3-13-36(14-4-1)37-23-26-40(27-24-37)56(42-29-32-48-47-19-9-12-22-53(47)58-54(48)35-42)41-28-31-44-43-17-7-10-20-49(43)55(50(44)34-41,38-15-5-2-6-16-38)39-25-30-46-45-18-8-11-21-51(45)57-52(46)33-39/h1-35H. The van der Waals surface area contributed by atoms with Crippen LogP contribution in [0.3, 0.4) is 0 Å².